The van der Waals surface area contributed by atoms with E-state index in [0.29, 0.717) is 13.1 Å². The van der Waals surface area contributed by atoms with Crippen LogP contribution in [0.2, 0.25) is 0 Å². The molecule has 0 unspecified atom stereocenters. The molecule has 1 fully saturated rings. The van der Waals surface area contributed by atoms with E-state index in [-0.39, 0.29) is 31.4 Å². The first kappa shape index (κ1) is 29.7. The number of aliphatic hydroxyl groups excluding tert-OH is 1. The Labute approximate surface area is 255 Å². The van der Waals surface area contributed by atoms with E-state index in [9.17, 15) is 19.8 Å². The summed E-state index contributed by atoms with van der Waals surface area (Å²) in [5, 5.41) is 21.1. The number of anilines is 1. The third-order valence-electron chi connectivity index (χ3n) is 8.44. The number of hydrogen-bond acceptors (Lipinski definition) is 5. The number of ether oxygens (including phenoxy) is 1. The average molecular weight is 669 g/mol. The van der Waals surface area contributed by atoms with Crippen LogP contribution in [0.1, 0.15) is 43.9 Å². The van der Waals surface area contributed by atoms with Crippen LogP contribution in [0.25, 0.3) is 0 Å². The highest BCUT2D eigenvalue weighted by molar-refractivity contribution is 14.1. The molecule has 0 bridgehead atoms. The van der Waals surface area contributed by atoms with Gasteiger partial charge in [0.15, 0.2) is 5.60 Å². The van der Waals surface area contributed by atoms with Gasteiger partial charge >= 0.3 is 0 Å². The maximum Gasteiger partial charge on any atom is 0.264 e. The van der Waals surface area contributed by atoms with E-state index in [0.717, 1.165) is 25.9 Å². The van der Waals surface area contributed by atoms with Crippen molar-refractivity contribution in [1.29, 1.82) is 0 Å². The van der Waals surface area contributed by atoms with Gasteiger partial charge in [-0.25, -0.2) is 0 Å². The molecule has 8 heteroatoms. The number of hydrogen-bond donors (Lipinski definition) is 2. The number of fused-ring (bicyclic) bond motifs is 2. The van der Waals surface area contributed by atoms with Crippen LogP contribution in [0.5, 0.6) is 0 Å². The summed E-state index contributed by atoms with van der Waals surface area (Å²) >= 11 is 2.27. The summed E-state index contributed by atoms with van der Waals surface area (Å²) < 4.78 is 7.87. The summed E-state index contributed by atoms with van der Waals surface area (Å²) in [6.07, 6.45) is -0.719. The Morgan fingerprint density at radius 1 is 1.05 bits per heavy atom. The van der Waals surface area contributed by atoms with Crippen LogP contribution in [-0.4, -0.2) is 51.8 Å². The number of amides is 2. The molecule has 2 heterocycles. The Morgan fingerprint density at radius 3 is 2.41 bits per heavy atom. The summed E-state index contributed by atoms with van der Waals surface area (Å²) in [4.78, 5) is 31.5. The van der Waals surface area contributed by atoms with Crippen LogP contribution in [0, 0.1) is 15.4 Å². The molecule has 7 nitrogen and oxygen atoms in total. The van der Waals surface area contributed by atoms with Gasteiger partial charge in [0, 0.05) is 34.1 Å². The number of benzene rings is 3. The number of nitrogens with zero attached hydrogens (tertiary/aromatic N) is 2. The standard InChI is InChI=1S/C33H37IN2O5/c1-22-30(32(2,3)40)28(19-29(38)35(16-17-37)20-23-10-5-4-6-11-23)41-33(22)26-14-7-8-15-27(26)36(31(33)39)21-24-12-9-13-25(34)18-24/h4-15,18,22,28,30,37,40H,16-17,19-21H2,1-3H3/t22-,28+,30-,33+/m0/s1. The Balaban J connectivity index is 1.48. The van der Waals surface area contributed by atoms with E-state index in [1.54, 1.807) is 23.6 Å². The van der Waals surface area contributed by atoms with Crippen molar-refractivity contribution in [2.75, 3.05) is 18.1 Å². The third kappa shape index (κ3) is 5.67. The van der Waals surface area contributed by atoms with Crippen LogP contribution in [0.3, 0.4) is 0 Å². The molecule has 2 amide bonds. The number of para-hydroxylation sites is 1. The van der Waals surface area contributed by atoms with Gasteiger partial charge in [0.25, 0.3) is 5.91 Å². The van der Waals surface area contributed by atoms with E-state index in [2.05, 4.69) is 28.7 Å². The van der Waals surface area contributed by atoms with Crippen LogP contribution < -0.4 is 4.90 Å². The van der Waals surface area contributed by atoms with E-state index in [1.807, 2.05) is 79.7 Å². The minimum atomic E-state index is -1.32. The van der Waals surface area contributed by atoms with Crippen molar-refractivity contribution in [1.82, 2.24) is 4.90 Å². The zero-order valence-corrected chi connectivity index (χ0v) is 25.8. The van der Waals surface area contributed by atoms with Gasteiger partial charge < -0.3 is 24.7 Å². The molecular formula is C33H37IN2O5. The molecular weight excluding hydrogens is 631 g/mol. The molecule has 1 spiro atoms. The third-order valence-corrected chi connectivity index (χ3v) is 9.11. The largest absolute Gasteiger partial charge is 0.395 e. The molecule has 3 aromatic rings. The van der Waals surface area contributed by atoms with Gasteiger partial charge in [-0.05, 0) is 65.8 Å². The van der Waals surface area contributed by atoms with E-state index in [4.69, 9.17) is 4.74 Å². The monoisotopic (exact) mass is 668 g/mol. The number of carbonyl (C=O) groups is 2. The molecule has 0 aromatic heterocycles. The first-order chi connectivity index (χ1) is 19.6. The first-order valence-electron chi connectivity index (χ1n) is 14.0. The predicted octanol–water partition coefficient (Wildman–Crippen LogP) is 4.87. The van der Waals surface area contributed by atoms with Crippen LogP contribution >= 0.6 is 22.6 Å². The van der Waals surface area contributed by atoms with Crippen molar-refractivity contribution >= 4 is 40.1 Å². The fourth-order valence-corrected chi connectivity index (χ4v) is 7.33. The van der Waals surface area contributed by atoms with E-state index >= 15 is 0 Å². The molecule has 216 valence electrons. The van der Waals surface area contributed by atoms with Gasteiger partial charge in [-0.2, -0.15) is 0 Å². The molecule has 1 saturated heterocycles. The maximum atomic E-state index is 14.5. The van der Waals surface area contributed by atoms with Crippen molar-refractivity contribution in [3.8, 4) is 0 Å². The van der Waals surface area contributed by atoms with Gasteiger partial charge in [0.2, 0.25) is 5.91 Å². The highest BCUT2D eigenvalue weighted by Crippen LogP contribution is 2.58. The molecule has 3 aromatic carbocycles. The number of halogens is 1. The van der Waals surface area contributed by atoms with Gasteiger partial charge in [0.1, 0.15) is 0 Å². The van der Waals surface area contributed by atoms with E-state index in [1.165, 1.54) is 0 Å². The van der Waals surface area contributed by atoms with Gasteiger partial charge in [-0.1, -0.05) is 67.6 Å². The Bertz CT molecular complexity index is 1410. The summed E-state index contributed by atoms with van der Waals surface area (Å²) in [6.45, 7) is 6.15. The maximum absolute atomic E-state index is 14.5. The molecule has 4 atom stereocenters. The minimum Gasteiger partial charge on any atom is -0.395 e. The molecule has 5 rings (SSSR count). The SMILES string of the molecule is C[C@H]1[C@H](C(C)(C)O)[C@@H](CC(=O)N(CCO)Cc2ccccc2)O[C@]12C(=O)N(Cc1cccc(I)c1)c1ccccc12. The van der Waals surface area contributed by atoms with Gasteiger partial charge in [-0.3, -0.25) is 9.59 Å². The predicted molar refractivity (Wildman–Crippen MR) is 166 cm³/mol. The lowest BCUT2D eigenvalue weighted by atomic mass is 9.71. The second-order valence-corrected chi connectivity index (χ2v) is 12.9. The molecule has 2 N–H and O–H groups in total. The van der Waals surface area contributed by atoms with Crippen LogP contribution in [-0.2, 0) is 33.0 Å². The van der Waals surface area contributed by atoms with Crippen molar-refractivity contribution in [2.24, 2.45) is 11.8 Å². The Hall–Kier alpha value is -2.79. The summed E-state index contributed by atoms with van der Waals surface area (Å²) in [5.41, 5.74) is 0.980. The minimum absolute atomic E-state index is 0.0140. The van der Waals surface area contributed by atoms with Gasteiger partial charge in [0.05, 0.1) is 37.0 Å². The van der Waals surface area contributed by atoms with Crippen molar-refractivity contribution in [3.63, 3.8) is 0 Å². The average Bonchev–Trinajstić information content (AvgIpc) is 3.36. The lowest BCUT2D eigenvalue weighted by Gasteiger charge is -2.34. The topological polar surface area (TPSA) is 90.3 Å². The van der Waals surface area contributed by atoms with Crippen molar-refractivity contribution < 1.29 is 24.5 Å². The Morgan fingerprint density at radius 2 is 1.73 bits per heavy atom. The highest BCUT2D eigenvalue weighted by atomic mass is 127. The number of rotatable bonds is 9. The Kier molecular flexibility index (Phi) is 8.57. The fraction of sp³-hybridized carbons (Fsp3) is 0.394. The number of carbonyl (C=O) groups excluding carboxylic acids is 2. The quantitative estimate of drug-likeness (QED) is 0.318. The van der Waals surface area contributed by atoms with Crippen LogP contribution in [0.4, 0.5) is 5.69 Å². The molecule has 0 radical (unpaired) electrons. The molecule has 41 heavy (non-hydrogen) atoms. The highest BCUT2D eigenvalue weighted by Gasteiger charge is 2.66. The lowest BCUT2D eigenvalue weighted by molar-refractivity contribution is -0.150. The van der Waals surface area contributed by atoms with E-state index < -0.39 is 29.1 Å². The lowest BCUT2D eigenvalue weighted by Crippen LogP contribution is -2.46. The van der Waals surface area contributed by atoms with Gasteiger partial charge in [-0.15, -0.1) is 0 Å². The zero-order chi connectivity index (χ0) is 29.4. The summed E-state index contributed by atoms with van der Waals surface area (Å²) in [7, 11) is 0. The smallest absolute Gasteiger partial charge is 0.264 e. The fourth-order valence-electron chi connectivity index (χ4n) is 6.72. The van der Waals surface area contributed by atoms with Crippen LogP contribution in [0.15, 0.2) is 78.9 Å². The molecule has 2 aliphatic rings. The normalized spacial score (nSPS) is 23.7. The summed E-state index contributed by atoms with van der Waals surface area (Å²) in [6, 6.07) is 25.4. The van der Waals surface area contributed by atoms with Crippen molar-refractivity contribution in [2.45, 2.75) is 57.6 Å². The first-order valence-corrected chi connectivity index (χ1v) is 15.1. The molecule has 0 saturated carbocycles. The summed E-state index contributed by atoms with van der Waals surface area (Å²) in [5.74, 6) is -1.27. The second-order valence-electron chi connectivity index (χ2n) is 11.6. The molecule has 2 aliphatic heterocycles. The molecule has 0 aliphatic carbocycles. The van der Waals surface area contributed by atoms with Crippen molar-refractivity contribution in [3.05, 3.63) is 99.1 Å². The second kappa shape index (κ2) is 11.8. The number of aliphatic hydroxyl groups is 2. The zero-order valence-electron chi connectivity index (χ0n) is 23.7.